The number of nitrogens with zero attached hydrogens (tertiary/aromatic N) is 1. The summed E-state index contributed by atoms with van der Waals surface area (Å²) in [6.45, 7) is 2.47. The van der Waals surface area contributed by atoms with Gasteiger partial charge in [0.15, 0.2) is 0 Å². The predicted molar refractivity (Wildman–Crippen MR) is 104 cm³/mol. The molecular formula is C21H24N2O3. The smallest absolute Gasteiger partial charge is 0.247 e. The van der Waals surface area contributed by atoms with E-state index in [1.54, 1.807) is 25.3 Å². The minimum Gasteiger partial charge on any atom is -0.495 e. The van der Waals surface area contributed by atoms with Crippen molar-refractivity contribution in [3.05, 3.63) is 66.2 Å². The van der Waals surface area contributed by atoms with Crippen LogP contribution in [0.25, 0.3) is 6.08 Å². The molecule has 0 unspecified atom stereocenters. The van der Waals surface area contributed by atoms with E-state index in [9.17, 15) is 9.59 Å². The van der Waals surface area contributed by atoms with E-state index < -0.39 is 0 Å². The summed E-state index contributed by atoms with van der Waals surface area (Å²) in [6, 6.07) is 16.8. The van der Waals surface area contributed by atoms with Gasteiger partial charge in [0.2, 0.25) is 11.8 Å². The number of hydrogen-bond donors (Lipinski definition) is 1. The molecule has 0 saturated carbocycles. The second-order valence-corrected chi connectivity index (χ2v) is 5.75. The Labute approximate surface area is 154 Å². The maximum Gasteiger partial charge on any atom is 0.247 e. The Morgan fingerprint density at radius 3 is 2.46 bits per heavy atom. The van der Waals surface area contributed by atoms with E-state index in [0.717, 1.165) is 12.0 Å². The first-order chi connectivity index (χ1) is 12.6. The quantitative estimate of drug-likeness (QED) is 0.739. The molecule has 2 aromatic rings. The number of carbonyl (C=O) groups excluding carboxylic acids is 2. The standard InChI is InChI=1S/C21H24N2O3/c1-3-15-23(21(25)14-13-17-9-5-4-6-10-17)16-20(24)22-18-11-7-8-12-19(18)26-2/h4-14H,3,15-16H2,1-2H3,(H,22,24)/b14-13+. The van der Waals surface area contributed by atoms with Crippen LogP contribution in [0.4, 0.5) is 5.69 Å². The summed E-state index contributed by atoms with van der Waals surface area (Å²) in [5.41, 5.74) is 1.53. The normalized spacial score (nSPS) is 10.5. The Morgan fingerprint density at radius 1 is 1.08 bits per heavy atom. The zero-order valence-electron chi connectivity index (χ0n) is 15.1. The van der Waals surface area contributed by atoms with Crippen molar-refractivity contribution >= 4 is 23.6 Å². The summed E-state index contributed by atoms with van der Waals surface area (Å²) in [6.07, 6.45) is 4.03. The van der Waals surface area contributed by atoms with Crippen molar-refractivity contribution in [3.8, 4) is 5.75 Å². The van der Waals surface area contributed by atoms with Crippen LogP contribution in [0.5, 0.6) is 5.75 Å². The lowest BCUT2D eigenvalue weighted by Crippen LogP contribution is -2.37. The Kier molecular flexibility index (Phi) is 7.43. The second kappa shape index (κ2) is 10.0. The van der Waals surface area contributed by atoms with E-state index in [1.165, 1.54) is 11.0 Å². The van der Waals surface area contributed by atoms with Crippen LogP contribution < -0.4 is 10.1 Å². The number of anilines is 1. The van der Waals surface area contributed by atoms with Gasteiger partial charge in [0.25, 0.3) is 0 Å². The van der Waals surface area contributed by atoms with E-state index in [1.807, 2.05) is 49.4 Å². The molecule has 0 saturated heterocycles. The molecule has 0 aliphatic rings. The molecule has 0 atom stereocenters. The SMILES string of the molecule is CCCN(CC(=O)Nc1ccccc1OC)C(=O)/C=C/c1ccccc1. The predicted octanol–water partition coefficient (Wildman–Crippen LogP) is 3.59. The van der Waals surface area contributed by atoms with Crippen LogP contribution in [-0.2, 0) is 9.59 Å². The van der Waals surface area contributed by atoms with Crippen LogP contribution >= 0.6 is 0 Å². The molecule has 0 aliphatic heterocycles. The van der Waals surface area contributed by atoms with Gasteiger partial charge < -0.3 is 15.0 Å². The highest BCUT2D eigenvalue weighted by Crippen LogP contribution is 2.22. The Balaban J connectivity index is 2.01. The van der Waals surface area contributed by atoms with Crippen LogP contribution in [0.3, 0.4) is 0 Å². The fourth-order valence-electron chi connectivity index (χ4n) is 2.49. The van der Waals surface area contributed by atoms with Crippen molar-refractivity contribution in [2.75, 3.05) is 25.5 Å². The van der Waals surface area contributed by atoms with E-state index in [0.29, 0.717) is 18.0 Å². The van der Waals surface area contributed by atoms with Gasteiger partial charge in [-0.25, -0.2) is 0 Å². The van der Waals surface area contributed by atoms with Crippen LogP contribution in [-0.4, -0.2) is 36.9 Å². The van der Waals surface area contributed by atoms with Crippen LogP contribution in [0.15, 0.2) is 60.7 Å². The van der Waals surface area contributed by atoms with Crippen LogP contribution in [0, 0.1) is 0 Å². The van der Waals surface area contributed by atoms with E-state index in [2.05, 4.69) is 5.32 Å². The molecule has 0 aliphatic carbocycles. The summed E-state index contributed by atoms with van der Waals surface area (Å²) in [5, 5.41) is 2.80. The topological polar surface area (TPSA) is 58.6 Å². The molecule has 2 aromatic carbocycles. The number of rotatable bonds is 8. The minimum absolute atomic E-state index is 0.0101. The minimum atomic E-state index is -0.260. The monoisotopic (exact) mass is 352 g/mol. The molecule has 0 spiro atoms. The number of methoxy groups -OCH3 is 1. The summed E-state index contributed by atoms with van der Waals surface area (Å²) in [7, 11) is 1.55. The van der Waals surface area contributed by atoms with Crippen LogP contribution in [0.1, 0.15) is 18.9 Å². The van der Waals surface area contributed by atoms with Crippen molar-refractivity contribution in [1.82, 2.24) is 4.90 Å². The molecule has 2 amide bonds. The molecule has 26 heavy (non-hydrogen) atoms. The van der Waals surface area contributed by atoms with Gasteiger partial charge in [-0.15, -0.1) is 0 Å². The number of carbonyl (C=O) groups is 2. The highest BCUT2D eigenvalue weighted by Gasteiger charge is 2.15. The van der Waals surface area contributed by atoms with Crippen molar-refractivity contribution in [1.29, 1.82) is 0 Å². The number of para-hydroxylation sites is 2. The lowest BCUT2D eigenvalue weighted by molar-refractivity contribution is -0.130. The Bertz CT molecular complexity index is 757. The average molecular weight is 352 g/mol. The van der Waals surface area contributed by atoms with Gasteiger partial charge in [-0.1, -0.05) is 49.4 Å². The molecule has 0 radical (unpaired) electrons. The van der Waals surface area contributed by atoms with Gasteiger partial charge in [-0.2, -0.15) is 0 Å². The number of amides is 2. The summed E-state index contributed by atoms with van der Waals surface area (Å²) in [4.78, 5) is 26.3. The zero-order valence-corrected chi connectivity index (χ0v) is 15.1. The Hall–Kier alpha value is -3.08. The molecule has 1 N–H and O–H groups in total. The van der Waals surface area contributed by atoms with Crippen molar-refractivity contribution < 1.29 is 14.3 Å². The zero-order chi connectivity index (χ0) is 18.8. The van der Waals surface area contributed by atoms with Crippen molar-refractivity contribution in [2.24, 2.45) is 0 Å². The largest absolute Gasteiger partial charge is 0.495 e. The first-order valence-corrected chi connectivity index (χ1v) is 8.59. The number of hydrogen-bond acceptors (Lipinski definition) is 3. The average Bonchev–Trinajstić information content (AvgIpc) is 2.67. The van der Waals surface area contributed by atoms with Crippen molar-refractivity contribution in [2.45, 2.75) is 13.3 Å². The second-order valence-electron chi connectivity index (χ2n) is 5.75. The summed E-state index contributed by atoms with van der Waals surface area (Å²) < 4.78 is 5.23. The molecule has 0 bridgehead atoms. The summed E-state index contributed by atoms with van der Waals surface area (Å²) in [5.74, 6) is 0.133. The molecule has 5 nitrogen and oxygen atoms in total. The molecule has 136 valence electrons. The van der Waals surface area contributed by atoms with Crippen molar-refractivity contribution in [3.63, 3.8) is 0 Å². The third kappa shape index (κ3) is 5.77. The fourth-order valence-corrected chi connectivity index (χ4v) is 2.49. The molecule has 2 rings (SSSR count). The maximum atomic E-state index is 12.5. The third-order valence-corrected chi connectivity index (χ3v) is 3.74. The lowest BCUT2D eigenvalue weighted by atomic mass is 10.2. The van der Waals surface area contributed by atoms with Gasteiger partial charge in [0.05, 0.1) is 12.8 Å². The van der Waals surface area contributed by atoms with Gasteiger partial charge in [-0.3, -0.25) is 9.59 Å². The number of ether oxygens (including phenoxy) is 1. The molecule has 0 heterocycles. The lowest BCUT2D eigenvalue weighted by Gasteiger charge is -2.20. The molecule has 0 fully saturated rings. The third-order valence-electron chi connectivity index (χ3n) is 3.74. The van der Waals surface area contributed by atoms with E-state index in [-0.39, 0.29) is 18.4 Å². The number of benzene rings is 2. The Morgan fingerprint density at radius 2 is 1.77 bits per heavy atom. The van der Waals surface area contributed by atoms with Gasteiger partial charge >= 0.3 is 0 Å². The van der Waals surface area contributed by atoms with Gasteiger partial charge in [0, 0.05) is 12.6 Å². The fraction of sp³-hybridized carbons (Fsp3) is 0.238. The molecular weight excluding hydrogens is 328 g/mol. The van der Waals surface area contributed by atoms with Crippen LogP contribution in [0.2, 0.25) is 0 Å². The highest BCUT2D eigenvalue weighted by molar-refractivity contribution is 5.98. The summed E-state index contributed by atoms with van der Waals surface area (Å²) >= 11 is 0. The number of nitrogens with one attached hydrogen (secondary N) is 1. The highest BCUT2D eigenvalue weighted by atomic mass is 16.5. The van der Waals surface area contributed by atoms with Gasteiger partial charge in [-0.05, 0) is 30.2 Å². The van der Waals surface area contributed by atoms with E-state index in [4.69, 9.17) is 4.74 Å². The maximum absolute atomic E-state index is 12.5. The first kappa shape index (κ1) is 19.2. The van der Waals surface area contributed by atoms with Gasteiger partial charge in [0.1, 0.15) is 12.3 Å². The first-order valence-electron chi connectivity index (χ1n) is 8.59. The molecule has 5 heteroatoms. The molecule has 0 aromatic heterocycles. The van der Waals surface area contributed by atoms with E-state index >= 15 is 0 Å².